The number of benzene rings is 1. The van der Waals surface area contributed by atoms with Gasteiger partial charge in [0.15, 0.2) is 0 Å². The molecule has 1 aromatic rings. The third-order valence-corrected chi connectivity index (χ3v) is 2.68. The molecule has 0 saturated carbocycles. The van der Waals surface area contributed by atoms with Crippen molar-refractivity contribution in [1.29, 1.82) is 0 Å². The van der Waals surface area contributed by atoms with Gasteiger partial charge in [-0.05, 0) is 24.1 Å². The summed E-state index contributed by atoms with van der Waals surface area (Å²) in [5.41, 5.74) is 2.32. The molecule has 0 heterocycles. The van der Waals surface area contributed by atoms with E-state index >= 15 is 0 Å². The van der Waals surface area contributed by atoms with E-state index < -0.39 is 0 Å². The lowest BCUT2D eigenvalue weighted by Crippen LogP contribution is -2.12. The lowest BCUT2D eigenvalue weighted by atomic mass is 10.1. The number of rotatable bonds is 3. The molecule has 0 aromatic heterocycles. The maximum Gasteiger partial charge on any atom is 0.0472 e. The molecule has 0 aliphatic rings. The first kappa shape index (κ1) is 10.5. The van der Waals surface area contributed by atoms with Crippen molar-refractivity contribution in [3.63, 3.8) is 0 Å². The molecule has 0 fully saturated rings. The van der Waals surface area contributed by atoms with Crippen molar-refractivity contribution in [3.8, 4) is 0 Å². The van der Waals surface area contributed by atoms with Crippen LogP contribution in [0.1, 0.15) is 5.56 Å². The quantitative estimate of drug-likeness (QED) is 0.879. The largest absolute Gasteiger partial charge is 0.396 e. The fraction of sp³-hybridized carbons (Fsp3) is 0.400. The molecule has 1 rings (SSSR count). The molecule has 0 spiro atoms. The molecule has 0 saturated heterocycles. The summed E-state index contributed by atoms with van der Waals surface area (Å²) >= 11 is 3.48. The van der Waals surface area contributed by atoms with Gasteiger partial charge in [0, 0.05) is 30.9 Å². The van der Waals surface area contributed by atoms with Gasteiger partial charge in [-0.3, -0.25) is 0 Å². The number of nitrogens with zero attached hydrogens (tertiary/aromatic N) is 1. The third-order valence-electron chi connectivity index (χ3n) is 1.94. The van der Waals surface area contributed by atoms with Gasteiger partial charge in [0.25, 0.3) is 0 Å². The first-order valence-corrected chi connectivity index (χ1v) is 5.01. The molecule has 2 nitrogen and oxygen atoms in total. The van der Waals surface area contributed by atoms with Gasteiger partial charge in [-0.15, -0.1) is 0 Å². The number of anilines is 1. The SMILES string of the molecule is CN(C)c1cccc(Br)c1CCO. The normalized spacial score (nSPS) is 10.2. The molecule has 1 aromatic carbocycles. The van der Waals surface area contributed by atoms with Crippen molar-refractivity contribution in [1.82, 2.24) is 0 Å². The average Bonchev–Trinajstić information content (AvgIpc) is 2.08. The summed E-state index contributed by atoms with van der Waals surface area (Å²) in [6, 6.07) is 6.05. The zero-order valence-electron chi connectivity index (χ0n) is 7.92. The van der Waals surface area contributed by atoms with E-state index in [1.165, 1.54) is 0 Å². The van der Waals surface area contributed by atoms with Crippen LogP contribution in [-0.4, -0.2) is 25.8 Å². The summed E-state index contributed by atoms with van der Waals surface area (Å²) < 4.78 is 1.06. The second-order valence-electron chi connectivity index (χ2n) is 3.11. The number of hydrogen-bond acceptors (Lipinski definition) is 2. The van der Waals surface area contributed by atoms with E-state index in [4.69, 9.17) is 5.11 Å². The van der Waals surface area contributed by atoms with E-state index in [2.05, 4.69) is 26.9 Å². The Morgan fingerprint density at radius 2 is 2.08 bits per heavy atom. The molecule has 0 unspecified atom stereocenters. The van der Waals surface area contributed by atoms with Gasteiger partial charge in [-0.1, -0.05) is 22.0 Å². The van der Waals surface area contributed by atoms with Crippen LogP contribution in [0.2, 0.25) is 0 Å². The van der Waals surface area contributed by atoms with Crippen LogP contribution in [0, 0.1) is 0 Å². The smallest absolute Gasteiger partial charge is 0.0472 e. The van der Waals surface area contributed by atoms with E-state index in [1.807, 2.05) is 26.2 Å². The van der Waals surface area contributed by atoms with Crippen molar-refractivity contribution in [2.24, 2.45) is 0 Å². The monoisotopic (exact) mass is 243 g/mol. The first-order chi connectivity index (χ1) is 6.16. The standard InChI is InChI=1S/C10H14BrNO/c1-12(2)10-5-3-4-9(11)8(10)6-7-13/h3-5,13H,6-7H2,1-2H3. The van der Waals surface area contributed by atoms with Crippen molar-refractivity contribution in [2.75, 3.05) is 25.6 Å². The molecule has 3 heteroatoms. The molecule has 72 valence electrons. The molecular weight excluding hydrogens is 230 g/mol. The molecule has 13 heavy (non-hydrogen) atoms. The molecule has 0 amide bonds. The summed E-state index contributed by atoms with van der Waals surface area (Å²) in [5.74, 6) is 0. The van der Waals surface area contributed by atoms with Crippen LogP contribution in [0.3, 0.4) is 0 Å². The number of hydrogen-bond donors (Lipinski definition) is 1. The summed E-state index contributed by atoms with van der Waals surface area (Å²) in [5, 5.41) is 8.91. The van der Waals surface area contributed by atoms with E-state index in [0.717, 1.165) is 15.7 Å². The van der Waals surface area contributed by atoms with E-state index in [-0.39, 0.29) is 6.61 Å². The third kappa shape index (κ3) is 2.45. The van der Waals surface area contributed by atoms with Crippen LogP contribution in [0.15, 0.2) is 22.7 Å². The Hall–Kier alpha value is -0.540. The highest BCUT2D eigenvalue weighted by atomic mass is 79.9. The molecule has 0 aliphatic heterocycles. The predicted octanol–water partition coefficient (Wildman–Crippen LogP) is 2.05. The molecular formula is C10H14BrNO. The highest BCUT2D eigenvalue weighted by molar-refractivity contribution is 9.10. The Kier molecular flexibility index (Phi) is 3.75. The lowest BCUT2D eigenvalue weighted by molar-refractivity contribution is 0.299. The Labute approximate surface area is 87.3 Å². The van der Waals surface area contributed by atoms with Crippen molar-refractivity contribution < 1.29 is 5.11 Å². The minimum absolute atomic E-state index is 0.184. The Balaban J connectivity index is 3.09. The zero-order valence-corrected chi connectivity index (χ0v) is 9.50. The second-order valence-corrected chi connectivity index (χ2v) is 3.96. The highest BCUT2D eigenvalue weighted by Gasteiger charge is 2.06. The highest BCUT2D eigenvalue weighted by Crippen LogP contribution is 2.26. The van der Waals surface area contributed by atoms with Gasteiger partial charge in [0.05, 0.1) is 0 Å². The lowest BCUT2D eigenvalue weighted by Gasteiger charge is -2.18. The minimum atomic E-state index is 0.184. The van der Waals surface area contributed by atoms with Gasteiger partial charge in [0.2, 0.25) is 0 Å². The number of aliphatic hydroxyl groups excluding tert-OH is 1. The van der Waals surface area contributed by atoms with Gasteiger partial charge in [-0.25, -0.2) is 0 Å². The fourth-order valence-electron chi connectivity index (χ4n) is 1.33. The zero-order chi connectivity index (χ0) is 9.84. The van der Waals surface area contributed by atoms with Crippen LogP contribution in [0.5, 0.6) is 0 Å². The fourth-order valence-corrected chi connectivity index (χ4v) is 1.88. The molecule has 0 bridgehead atoms. The summed E-state index contributed by atoms with van der Waals surface area (Å²) in [6.45, 7) is 0.184. The van der Waals surface area contributed by atoms with Gasteiger partial charge >= 0.3 is 0 Å². The number of aliphatic hydroxyl groups is 1. The van der Waals surface area contributed by atoms with E-state index in [9.17, 15) is 0 Å². The maximum atomic E-state index is 8.91. The van der Waals surface area contributed by atoms with Crippen LogP contribution in [0.25, 0.3) is 0 Å². The average molecular weight is 244 g/mol. The van der Waals surface area contributed by atoms with Crippen molar-refractivity contribution in [2.45, 2.75) is 6.42 Å². The minimum Gasteiger partial charge on any atom is -0.396 e. The Morgan fingerprint density at radius 1 is 1.38 bits per heavy atom. The van der Waals surface area contributed by atoms with E-state index in [0.29, 0.717) is 6.42 Å². The Morgan fingerprint density at radius 3 is 2.62 bits per heavy atom. The van der Waals surface area contributed by atoms with Gasteiger partial charge in [-0.2, -0.15) is 0 Å². The van der Waals surface area contributed by atoms with E-state index in [1.54, 1.807) is 0 Å². The van der Waals surface area contributed by atoms with Crippen molar-refractivity contribution >= 4 is 21.6 Å². The molecule has 1 N–H and O–H groups in total. The maximum absolute atomic E-state index is 8.91. The predicted molar refractivity (Wildman–Crippen MR) is 59.3 cm³/mol. The summed E-state index contributed by atoms with van der Waals surface area (Å²) in [4.78, 5) is 2.05. The van der Waals surface area contributed by atoms with Crippen LogP contribution in [-0.2, 0) is 6.42 Å². The molecule has 0 atom stereocenters. The van der Waals surface area contributed by atoms with Gasteiger partial charge in [0.1, 0.15) is 0 Å². The molecule has 0 aliphatic carbocycles. The molecule has 0 radical (unpaired) electrons. The summed E-state index contributed by atoms with van der Waals surface area (Å²) in [7, 11) is 4.01. The second kappa shape index (κ2) is 4.63. The Bertz CT molecular complexity index is 286. The van der Waals surface area contributed by atoms with Crippen LogP contribution < -0.4 is 4.90 Å². The van der Waals surface area contributed by atoms with Gasteiger partial charge < -0.3 is 10.0 Å². The summed E-state index contributed by atoms with van der Waals surface area (Å²) in [6.07, 6.45) is 0.689. The number of halogens is 1. The van der Waals surface area contributed by atoms with Crippen LogP contribution >= 0.6 is 15.9 Å². The topological polar surface area (TPSA) is 23.5 Å². The first-order valence-electron chi connectivity index (χ1n) is 4.22. The van der Waals surface area contributed by atoms with Crippen molar-refractivity contribution in [3.05, 3.63) is 28.2 Å². The van der Waals surface area contributed by atoms with Crippen LogP contribution in [0.4, 0.5) is 5.69 Å².